The number of aliphatic imine (C=N–C) groups is 1. The Morgan fingerprint density at radius 3 is 2.61 bits per heavy atom. The number of nitrogens with zero attached hydrogens (tertiary/aromatic N) is 3. The maximum atomic E-state index is 5.56. The van der Waals surface area contributed by atoms with Gasteiger partial charge < -0.3 is 20.1 Å². The summed E-state index contributed by atoms with van der Waals surface area (Å²) in [6.07, 6.45) is 1.89. The standard InChI is InChI=1S/C23H35N5O2S/c1-5-20-17(2)31-22(27-20)10-11-25-23(24-3)26-16-21(28-12-14-30-15-13-28)18-6-8-19(29-4)9-7-18/h6-9,21H,5,10-16H2,1-4H3,(H2,24,25,26). The highest BCUT2D eigenvalue weighted by Crippen LogP contribution is 2.23. The van der Waals surface area contributed by atoms with Crippen molar-refractivity contribution in [2.24, 2.45) is 4.99 Å². The topological polar surface area (TPSA) is 71.0 Å². The lowest BCUT2D eigenvalue weighted by Crippen LogP contribution is -2.46. The van der Waals surface area contributed by atoms with Crippen molar-refractivity contribution in [3.05, 3.63) is 45.4 Å². The molecule has 3 rings (SSSR count). The zero-order chi connectivity index (χ0) is 22.1. The Morgan fingerprint density at radius 1 is 1.26 bits per heavy atom. The highest BCUT2D eigenvalue weighted by molar-refractivity contribution is 7.11. The van der Waals surface area contributed by atoms with Crippen molar-refractivity contribution >= 4 is 17.3 Å². The van der Waals surface area contributed by atoms with E-state index in [1.54, 1.807) is 18.4 Å². The number of aryl methyl sites for hydroxylation is 2. The maximum Gasteiger partial charge on any atom is 0.191 e. The van der Waals surface area contributed by atoms with Crippen molar-refractivity contribution in [2.75, 3.05) is 53.6 Å². The third kappa shape index (κ3) is 6.66. The van der Waals surface area contributed by atoms with Crippen LogP contribution in [0.3, 0.4) is 0 Å². The summed E-state index contributed by atoms with van der Waals surface area (Å²) in [7, 11) is 3.51. The smallest absolute Gasteiger partial charge is 0.191 e. The molecule has 0 amide bonds. The minimum atomic E-state index is 0.238. The molecule has 0 radical (unpaired) electrons. The number of nitrogens with one attached hydrogen (secondary N) is 2. The van der Waals surface area contributed by atoms with Gasteiger partial charge in [-0.15, -0.1) is 11.3 Å². The van der Waals surface area contributed by atoms with Gasteiger partial charge in [0.1, 0.15) is 5.75 Å². The number of hydrogen-bond donors (Lipinski definition) is 2. The molecule has 1 fully saturated rings. The number of hydrogen-bond acceptors (Lipinski definition) is 6. The molecule has 1 saturated heterocycles. The summed E-state index contributed by atoms with van der Waals surface area (Å²) >= 11 is 1.80. The van der Waals surface area contributed by atoms with Crippen molar-refractivity contribution in [3.8, 4) is 5.75 Å². The number of thiazole rings is 1. The molecule has 1 aromatic heterocycles. The Morgan fingerprint density at radius 2 is 2.00 bits per heavy atom. The Kier molecular flexibility index (Phi) is 9.12. The fraction of sp³-hybridized carbons (Fsp3) is 0.565. The number of guanidine groups is 1. The van der Waals surface area contributed by atoms with Crippen LogP contribution in [0.4, 0.5) is 0 Å². The van der Waals surface area contributed by atoms with Crippen LogP contribution in [0.2, 0.25) is 0 Å². The zero-order valence-electron chi connectivity index (χ0n) is 19.1. The lowest BCUT2D eigenvalue weighted by atomic mass is 10.0. The molecule has 7 nitrogen and oxygen atoms in total. The van der Waals surface area contributed by atoms with Crippen LogP contribution >= 0.6 is 11.3 Å². The van der Waals surface area contributed by atoms with Gasteiger partial charge in [-0.2, -0.15) is 0 Å². The van der Waals surface area contributed by atoms with E-state index in [1.807, 2.05) is 19.2 Å². The van der Waals surface area contributed by atoms with E-state index in [-0.39, 0.29) is 6.04 Å². The Labute approximate surface area is 189 Å². The Hall–Kier alpha value is -2.16. The van der Waals surface area contributed by atoms with Crippen LogP contribution in [-0.4, -0.2) is 69.4 Å². The first-order chi connectivity index (χ1) is 15.1. The van der Waals surface area contributed by atoms with Gasteiger partial charge in [0, 0.05) is 44.5 Å². The van der Waals surface area contributed by atoms with E-state index in [0.717, 1.165) is 63.9 Å². The number of rotatable bonds is 9. The van der Waals surface area contributed by atoms with Gasteiger partial charge in [0.05, 0.1) is 37.1 Å². The lowest BCUT2D eigenvalue weighted by Gasteiger charge is -2.35. The number of aromatic nitrogens is 1. The average molecular weight is 446 g/mol. The molecule has 0 spiro atoms. The predicted octanol–water partition coefficient (Wildman–Crippen LogP) is 2.80. The van der Waals surface area contributed by atoms with Crippen molar-refractivity contribution in [3.63, 3.8) is 0 Å². The summed E-state index contributed by atoms with van der Waals surface area (Å²) in [5.41, 5.74) is 2.48. The second-order valence-electron chi connectivity index (χ2n) is 7.53. The largest absolute Gasteiger partial charge is 0.497 e. The van der Waals surface area contributed by atoms with Crippen molar-refractivity contribution < 1.29 is 9.47 Å². The fourth-order valence-electron chi connectivity index (χ4n) is 3.80. The van der Waals surface area contributed by atoms with E-state index in [1.165, 1.54) is 21.1 Å². The summed E-state index contributed by atoms with van der Waals surface area (Å²) in [5.74, 6) is 1.69. The van der Waals surface area contributed by atoms with Gasteiger partial charge in [0.2, 0.25) is 0 Å². The monoisotopic (exact) mass is 445 g/mol. The molecule has 31 heavy (non-hydrogen) atoms. The van der Waals surface area contributed by atoms with Crippen LogP contribution in [0.25, 0.3) is 0 Å². The van der Waals surface area contributed by atoms with Crippen LogP contribution in [0, 0.1) is 6.92 Å². The van der Waals surface area contributed by atoms with Gasteiger partial charge >= 0.3 is 0 Å². The number of ether oxygens (including phenoxy) is 2. The van der Waals surface area contributed by atoms with Crippen molar-refractivity contribution in [1.29, 1.82) is 0 Å². The van der Waals surface area contributed by atoms with Crippen LogP contribution < -0.4 is 15.4 Å². The molecule has 0 bridgehead atoms. The zero-order valence-corrected chi connectivity index (χ0v) is 19.9. The normalized spacial score (nSPS) is 16.2. The number of methoxy groups -OCH3 is 1. The number of benzene rings is 1. The van der Waals surface area contributed by atoms with Gasteiger partial charge in [-0.1, -0.05) is 19.1 Å². The molecule has 8 heteroatoms. The van der Waals surface area contributed by atoms with Crippen LogP contribution in [0.1, 0.15) is 34.1 Å². The van der Waals surface area contributed by atoms with E-state index in [2.05, 4.69) is 46.5 Å². The molecule has 2 aromatic rings. The van der Waals surface area contributed by atoms with E-state index >= 15 is 0 Å². The summed E-state index contributed by atoms with van der Waals surface area (Å²) in [5, 5.41) is 8.13. The summed E-state index contributed by atoms with van der Waals surface area (Å²) < 4.78 is 10.9. The van der Waals surface area contributed by atoms with Gasteiger partial charge in [-0.25, -0.2) is 4.98 Å². The van der Waals surface area contributed by atoms with Gasteiger partial charge in [0.15, 0.2) is 5.96 Å². The third-order valence-corrected chi connectivity index (χ3v) is 6.65. The first kappa shape index (κ1) is 23.5. The van der Waals surface area contributed by atoms with E-state index in [0.29, 0.717) is 0 Å². The molecular formula is C23H35N5O2S. The molecule has 1 aliphatic rings. The van der Waals surface area contributed by atoms with Gasteiger partial charge in [0.25, 0.3) is 0 Å². The molecule has 2 N–H and O–H groups in total. The molecule has 0 saturated carbocycles. The van der Waals surface area contributed by atoms with E-state index < -0.39 is 0 Å². The Bertz CT molecular complexity index is 831. The maximum absolute atomic E-state index is 5.56. The highest BCUT2D eigenvalue weighted by Gasteiger charge is 2.23. The first-order valence-corrected chi connectivity index (χ1v) is 11.8. The van der Waals surface area contributed by atoms with E-state index in [4.69, 9.17) is 14.5 Å². The minimum absolute atomic E-state index is 0.238. The van der Waals surface area contributed by atoms with Crippen molar-refractivity contribution in [1.82, 2.24) is 20.5 Å². The van der Waals surface area contributed by atoms with Crippen LogP contribution in [0.5, 0.6) is 5.75 Å². The van der Waals surface area contributed by atoms with Crippen LogP contribution in [0.15, 0.2) is 29.3 Å². The highest BCUT2D eigenvalue weighted by atomic mass is 32.1. The lowest BCUT2D eigenvalue weighted by molar-refractivity contribution is 0.0170. The van der Waals surface area contributed by atoms with Crippen LogP contribution in [-0.2, 0) is 17.6 Å². The molecule has 2 heterocycles. The van der Waals surface area contributed by atoms with Gasteiger partial charge in [-0.3, -0.25) is 9.89 Å². The quantitative estimate of drug-likeness (QED) is 0.457. The molecule has 1 aliphatic heterocycles. The summed E-state index contributed by atoms with van der Waals surface area (Å²) in [6.45, 7) is 9.27. The van der Waals surface area contributed by atoms with Gasteiger partial charge in [-0.05, 0) is 31.0 Å². The predicted molar refractivity (Wildman–Crippen MR) is 127 cm³/mol. The fourth-order valence-corrected chi connectivity index (χ4v) is 4.82. The number of morpholine rings is 1. The first-order valence-electron chi connectivity index (χ1n) is 11.0. The summed E-state index contributed by atoms with van der Waals surface area (Å²) in [6, 6.07) is 8.58. The molecule has 1 atom stereocenters. The molecule has 1 aromatic carbocycles. The third-order valence-electron chi connectivity index (χ3n) is 5.58. The minimum Gasteiger partial charge on any atom is -0.497 e. The average Bonchev–Trinajstić information content (AvgIpc) is 3.18. The van der Waals surface area contributed by atoms with Crippen molar-refractivity contribution in [2.45, 2.75) is 32.7 Å². The molecular weight excluding hydrogens is 410 g/mol. The van der Waals surface area contributed by atoms with E-state index in [9.17, 15) is 0 Å². The second-order valence-corrected chi connectivity index (χ2v) is 8.82. The summed E-state index contributed by atoms with van der Waals surface area (Å²) in [4.78, 5) is 12.9. The molecule has 170 valence electrons. The SMILES string of the molecule is CCc1nc(CCNC(=NC)NCC(c2ccc(OC)cc2)N2CCOCC2)sc1C. The second kappa shape index (κ2) is 12.0. The Balaban J connectivity index is 1.57. The molecule has 0 aliphatic carbocycles. The molecule has 1 unspecified atom stereocenters.